The molecule has 0 bridgehead atoms. The Morgan fingerprint density at radius 1 is 1.48 bits per heavy atom. The minimum absolute atomic E-state index is 0.0290. The molecule has 1 amide bonds. The first-order valence-corrected chi connectivity index (χ1v) is 7.60. The highest BCUT2D eigenvalue weighted by Crippen LogP contribution is 2.27. The molecule has 0 aromatic heterocycles. The molecule has 1 unspecified atom stereocenters. The molecular weight excluding hydrogens is 266 g/mol. The first-order chi connectivity index (χ1) is 9.97. The highest BCUT2D eigenvalue weighted by molar-refractivity contribution is 5.78. The third-order valence-electron chi connectivity index (χ3n) is 3.74. The third-order valence-corrected chi connectivity index (χ3v) is 3.74. The SMILES string of the molecule is Cc1ccc(C(C)C)c(OCC(=O)N2CCOC(C)C2)c1. The van der Waals surface area contributed by atoms with Crippen molar-refractivity contribution < 1.29 is 14.3 Å². The van der Waals surface area contributed by atoms with Crippen molar-refractivity contribution in [2.24, 2.45) is 0 Å². The number of hydrogen-bond acceptors (Lipinski definition) is 3. The summed E-state index contributed by atoms with van der Waals surface area (Å²) in [6.07, 6.45) is 0.105. The van der Waals surface area contributed by atoms with E-state index in [0.717, 1.165) is 16.9 Å². The summed E-state index contributed by atoms with van der Waals surface area (Å²) in [6.45, 7) is 10.3. The molecule has 1 saturated heterocycles. The summed E-state index contributed by atoms with van der Waals surface area (Å²) in [5.74, 6) is 1.22. The molecule has 0 spiro atoms. The van der Waals surface area contributed by atoms with Gasteiger partial charge in [0, 0.05) is 13.1 Å². The molecule has 2 rings (SSSR count). The van der Waals surface area contributed by atoms with Crippen molar-refractivity contribution >= 4 is 5.91 Å². The van der Waals surface area contributed by atoms with Crippen molar-refractivity contribution in [3.8, 4) is 5.75 Å². The number of rotatable bonds is 4. The van der Waals surface area contributed by atoms with Crippen LogP contribution in [0.15, 0.2) is 18.2 Å². The third kappa shape index (κ3) is 4.21. The fraction of sp³-hybridized carbons (Fsp3) is 0.588. The van der Waals surface area contributed by atoms with E-state index >= 15 is 0 Å². The molecule has 1 fully saturated rings. The molecule has 1 aromatic carbocycles. The van der Waals surface area contributed by atoms with Gasteiger partial charge in [0.15, 0.2) is 6.61 Å². The van der Waals surface area contributed by atoms with Crippen molar-refractivity contribution in [2.45, 2.75) is 39.7 Å². The molecule has 4 nitrogen and oxygen atoms in total. The van der Waals surface area contributed by atoms with E-state index in [1.807, 2.05) is 24.8 Å². The van der Waals surface area contributed by atoms with Crippen molar-refractivity contribution in [3.05, 3.63) is 29.3 Å². The number of morpholine rings is 1. The van der Waals surface area contributed by atoms with Gasteiger partial charge in [-0.05, 0) is 37.0 Å². The molecule has 21 heavy (non-hydrogen) atoms. The summed E-state index contributed by atoms with van der Waals surface area (Å²) in [7, 11) is 0. The van der Waals surface area contributed by atoms with Gasteiger partial charge in [0.2, 0.25) is 0 Å². The Labute approximate surface area is 127 Å². The van der Waals surface area contributed by atoms with Gasteiger partial charge in [-0.15, -0.1) is 0 Å². The number of carbonyl (C=O) groups excluding carboxylic acids is 1. The van der Waals surface area contributed by atoms with E-state index in [2.05, 4.69) is 26.0 Å². The number of hydrogen-bond donors (Lipinski definition) is 0. The van der Waals surface area contributed by atoms with Gasteiger partial charge < -0.3 is 14.4 Å². The maximum absolute atomic E-state index is 12.2. The van der Waals surface area contributed by atoms with Gasteiger partial charge in [0.1, 0.15) is 5.75 Å². The number of carbonyl (C=O) groups is 1. The monoisotopic (exact) mass is 291 g/mol. The molecule has 116 valence electrons. The zero-order chi connectivity index (χ0) is 15.4. The predicted molar refractivity (Wildman–Crippen MR) is 82.8 cm³/mol. The first-order valence-electron chi connectivity index (χ1n) is 7.60. The van der Waals surface area contributed by atoms with Gasteiger partial charge in [-0.1, -0.05) is 26.0 Å². The van der Waals surface area contributed by atoms with E-state index in [1.165, 1.54) is 0 Å². The van der Waals surface area contributed by atoms with Gasteiger partial charge >= 0.3 is 0 Å². The van der Waals surface area contributed by atoms with Crippen LogP contribution in [0.3, 0.4) is 0 Å². The lowest BCUT2D eigenvalue weighted by Crippen LogP contribution is -2.46. The van der Waals surface area contributed by atoms with Crippen LogP contribution < -0.4 is 4.74 Å². The quantitative estimate of drug-likeness (QED) is 0.856. The Hall–Kier alpha value is -1.55. The van der Waals surface area contributed by atoms with Crippen molar-refractivity contribution in [3.63, 3.8) is 0 Å². The average Bonchev–Trinajstić information content (AvgIpc) is 2.44. The van der Waals surface area contributed by atoms with Crippen LogP contribution in [0.2, 0.25) is 0 Å². The lowest BCUT2D eigenvalue weighted by Gasteiger charge is -2.31. The summed E-state index contributed by atoms with van der Waals surface area (Å²) in [5.41, 5.74) is 2.28. The van der Waals surface area contributed by atoms with Crippen LogP contribution in [0.1, 0.15) is 37.8 Å². The van der Waals surface area contributed by atoms with E-state index in [-0.39, 0.29) is 18.6 Å². The molecule has 4 heteroatoms. The number of ether oxygens (including phenoxy) is 2. The molecular formula is C17H25NO3. The van der Waals surface area contributed by atoms with E-state index in [0.29, 0.717) is 25.6 Å². The molecule has 0 aliphatic carbocycles. The first kappa shape index (κ1) is 15.8. The molecule has 0 N–H and O–H groups in total. The largest absolute Gasteiger partial charge is 0.483 e. The lowest BCUT2D eigenvalue weighted by atomic mass is 10.0. The second-order valence-corrected chi connectivity index (χ2v) is 6.01. The second-order valence-electron chi connectivity index (χ2n) is 6.01. The van der Waals surface area contributed by atoms with Crippen LogP contribution in [0.4, 0.5) is 0 Å². The summed E-state index contributed by atoms with van der Waals surface area (Å²) >= 11 is 0. The van der Waals surface area contributed by atoms with Crippen LogP contribution >= 0.6 is 0 Å². The molecule has 1 atom stereocenters. The number of nitrogens with zero attached hydrogens (tertiary/aromatic N) is 1. The smallest absolute Gasteiger partial charge is 0.260 e. The molecule has 1 aliphatic heterocycles. The minimum Gasteiger partial charge on any atom is -0.483 e. The van der Waals surface area contributed by atoms with E-state index < -0.39 is 0 Å². The lowest BCUT2D eigenvalue weighted by molar-refractivity contribution is -0.140. The number of benzene rings is 1. The van der Waals surface area contributed by atoms with Gasteiger partial charge in [-0.3, -0.25) is 4.79 Å². The van der Waals surface area contributed by atoms with E-state index in [9.17, 15) is 4.79 Å². The second kappa shape index (κ2) is 6.94. The minimum atomic E-state index is 0.0290. The van der Waals surface area contributed by atoms with Gasteiger partial charge in [-0.2, -0.15) is 0 Å². The standard InChI is InChI=1S/C17H25NO3/c1-12(2)15-6-5-13(3)9-16(15)21-11-17(19)18-7-8-20-14(4)10-18/h5-6,9,12,14H,7-8,10-11H2,1-4H3. The Bertz CT molecular complexity index is 499. The van der Waals surface area contributed by atoms with Gasteiger partial charge in [-0.25, -0.2) is 0 Å². The zero-order valence-corrected chi connectivity index (χ0v) is 13.4. The topological polar surface area (TPSA) is 38.8 Å². The van der Waals surface area contributed by atoms with Gasteiger partial charge in [0.05, 0.1) is 12.7 Å². The Balaban J connectivity index is 1.99. The van der Waals surface area contributed by atoms with Crippen LogP contribution in [-0.4, -0.2) is 43.2 Å². The van der Waals surface area contributed by atoms with E-state index in [4.69, 9.17) is 9.47 Å². The van der Waals surface area contributed by atoms with E-state index in [1.54, 1.807) is 0 Å². The van der Waals surface area contributed by atoms with Crippen LogP contribution in [0, 0.1) is 6.92 Å². The Morgan fingerprint density at radius 2 is 2.24 bits per heavy atom. The maximum atomic E-state index is 12.2. The van der Waals surface area contributed by atoms with Crippen molar-refractivity contribution in [1.29, 1.82) is 0 Å². The molecule has 0 radical (unpaired) electrons. The number of amides is 1. The fourth-order valence-electron chi connectivity index (χ4n) is 2.52. The van der Waals surface area contributed by atoms with Crippen LogP contribution in [0.5, 0.6) is 5.75 Å². The van der Waals surface area contributed by atoms with Gasteiger partial charge in [0.25, 0.3) is 5.91 Å². The van der Waals surface area contributed by atoms with Crippen molar-refractivity contribution in [1.82, 2.24) is 4.90 Å². The average molecular weight is 291 g/mol. The fourth-order valence-corrected chi connectivity index (χ4v) is 2.52. The van der Waals surface area contributed by atoms with Crippen molar-refractivity contribution in [2.75, 3.05) is 26.3 Å². The normalized spacial score (nSPS) is 18.9. The van der Waals surface area contributed by atoms with Crippen LogP contribution in [-0.2, 0) is 9.53 Å². The molecule has 1 aliphatic rings. The summed E-state index contributed by atoms with van der Waals surface area (Å²) < 4.78 is 11.3. The summed E-state index contributed by atoms with van der Waals surface area (Å²) in [5, 5.41) is 0. The molecule has 0 saturated carbocycles. The maximum Gasteiger partial charge on any atom is 0.260 e. The Kier molecular flexibility index (Phi) is 5.23. The summed E-state index contributed by atoms with van der Waals surface area (Å²) in [6, 6.07) is 6.16. The molecule has 1 heterocycles. The predicted octanol–water partition coefficient (Wildman–Crippen LogP) is 2.74. The Morgan fingerprint density at radius 3 is 2.90 bits per heavy atom. The highest BCUT2D eigenvalue weighted by atomic mass is 16.5. The number of aryl methyl sites for hydroxylation is 1. The molecule has 1 aromatic rings. The summed E-state index contributed by atoms with van der Waals surface area (Å²) in [4.78, 5) is 14.0. The highest BCUT2D eigenvalue weighted by Gasteiger charge is 2.22. The zero-order valence-electron chi connectivity index (χ0n) is 13.4. The van der Waals surface area contributed by atoms with Crippen LogP contribution in [0.25, 0.3) is 0 Å².